The highest BCUT2D eigenvalue weighted by atomic mass is 16.5. The van der Waals surface area contributed by atoms with E-state index in [4.69, 9.17) is 4.74 Å². The molecule has 0 unspecified atom stereocenters. The number of benzene rings is 1. The molecule has 1 N–H and O–H groups in total. The van der Waals surface area contributed by atoms with Crippen LogP contribution in [0.5, 0.6) is 0 Å². The van der Waals surface area contributed by atoms with Crippen LogP contribution in [0.1, 0.15) is 24.1 Å². The molecule has 5 heterocycles. The van der Waals surface area contributed by atoms with Crippen molar-refractivity contribution in [1.82, 2.24) is 19.8 Å². The lowest BCUT2D eigenvalue weighted by atomic mass is 10.00. The number of nitrogens with one attached hydrogen (secondary N) is 1. The van der Waals surface area contributed by atoms with Gasteiger partial charge in [-0.1, -0.05) is 6.07 Å². The summed E-state index contributed by atoms with van der Waals surface area (Å²) in [6.07, 6.45) is 1.76. The minimum atomic E-state index is -0.0145. The van der Waals surface area contributed by atoms with Crippen LogP contribution in [0.15, 0.2) is 47.4 Å². The summed E-state index contributed by atoms with van der Waals surface area (Å²) in [5.41, 5.74) is 5.85. The summed E-state index contributed by atoms with van der Waals surface area (Å²) in [4.78, 5) is 24.7. The van der Waals surface area contributed by atoms with Crippen LogP contribution in [0, 0.1) is 0 Å². The average molecular weight is 475 g/mol. The van der Waals surface area contributed by atoms with Crippen molar-refractivity contribution in [1.29, 1.82) is 0 Å². The highest BCUT2D eigenvalue weighted by molar-refractivity contribution is 5.89. The molecule has 2 fully saturated rings. The van der Waals surface area contributed by atoms with Crippen molar-refractivity contribution in [3.63, 3.8) is 0 Å². The third-order valence-electron chi connectivity index (χ3n) is 8.04. The maximum absolute atomic E-state index is 12.7. The number of pyridine rings is 2. The van der Waals surface area contributed by atoms with Gasteiger partial charge in [0.25, 0.3) is 5.56 Å². The molecule has 0 spiro atoms. The van der Waals surface area contributed by atoms with Crippen molar-refractivity contribution in [2.24, 2.45) is 7.05 Å². The standard InChI is InChI=1S/C27H34N6O2/c1-18-14-31(24-12-26(34)30(2)27-23(24)5-4-8-29-27)16-25-22-7-6-20(11-19(22)15-33(18)25)32-10-9-28-13-21(32)17-35-3/h4-8,11-12,18,21,25,28H,9-10,13-17H2,1-3H3/t18-,21+,25-/m1/s1. The van der Waals surface area contributed by atoms with Gasteiger partial charge in [-0.2, -0.15) is 0 Å². The Bertz CT molecular complexity index is 1300. The molecule has 3 aliphatic rings. The number of aromatic nitrogens is 2. The number of ether oxygens (including phenoxy) is 1. The smallest absolute Gasteiger partial charge is 0.253 e. The van der Waals surface area contributed by atoms with E-state index in [-0.39, 0.29) is 5.56 Å². The SMILES string of the molecule is COC[C@@H]1CNCCN1c1ccc2c(c1)CN1[C@H](C)CN(c3cc(=O)n(C)c4ncccc34)C[C@H]21. The molecule has 1 aromatic carbocycles. The number of methoxy groups -OCH3 is 1. The first-order valence-electron chi connectivity index (χ1n) is 12.6. The molecule has 3 aromatic rings. The zero-order chi connectivity index (χ0) is 24.1. The fourth-order valence-electron chi connectivity index (χ4n) is 6.25. The number of hydrogen-bond acceptors (Lipinski definition) is 7. The molecule has 35 heavy (non-hydrogen) atoms. The molecular formula is C27H34N6O2. The molecule has 0 bridgehead atoms. The number of anilines is 2. The summed E-state index contributed by atoms with van der Waals surface area (Å²) in [5, 5.41) is 4.53. The van der Waals surface area contributed by atoms with Crippen LogP contribution in [-0.2, 0) is 18.3 Å². The molecule has 3 atom stereocenters. The normalized spacial score (nSPS) is 24.6. The van der Waals surface area contributed by atoms with E-state index >= 15 is 0 Å². The first kappa shape index (κ1) is 22.5. The molecule has 0 amide bonds. The Kier molecular flexibility index (Phi) is 5.75. The molecule has 0 aliphatic carbocycles. The largest absolute Gasteiger partial charge is 0.383 e. The Hall–Kier alpha value is -2.94. The highest BCUT2D eigenvalue weighted by Gasteiger charge is 2.39. The summed E-state index contributed by atoms with van der Waals surface area (Å²) < 4.78 is 7.13. The second kappa shape index (κ2) is 8.93. The number of hydrogen-bond donors (Lipinski definition) is 1. The predicted molar refractivity (Wildman–Crippen MR) is 139 cm³/mol. The minimum absolute atomic E-state index is 0.0145. The van der Waals surface area contributed by atoms with Gasteiger partial charge in [0.1, 0.15) is 5.65 Å². The number of piperazine rings is 2. The van der Waals surface area contributed by atoms with E-state index in [0.717, 1.165) is 62.6 Å². The van der Waals surface area contributed by atoms with Crippen LogP contribution >= 0.6 is 0 Å². The summed E-state index contributed by atoms with van der Waals surface area (Å²) in [6, 6.07) is 13.9. The predicted octanol–water partition coefficient (Wildman–Crippen LogP) is 2.12. The first-order valence-corrected chi connectivity index (χ1v) is 12.6. The summed E-state index contributed by atoms with van der Waals surface area (Å²) in [6.45, 7) is 8.71. The Morgan fingerprint density at radius 1 is 1.20 bits per heavy atom. The molecule has 6 rings (SSSR count). The molecule has 184 valence electrons. The molecular weight excluding hydrogens is 440 g/mol. The van der Waals surface area contributed by atoms with Gasteiger partial charge in [0.05, 0.1) is 24.4 Å². The fraction of sp³-hybridized carbons (Fsp3) is 0.481. The van der Waals surface area contributed by atoms with Crippen LogP contribution in [0.2, 0.25) is 0 Å². The Balaban J connectivity index is 1.32. The molecule has 3 aliphatic heterocycles. The van der Waals surface area contributed by atoms with E-state index in [1.54, 1.807) is 31.0 Å². The van der Waals surface area contributed by atoms with Gasteiger partial charge >= 0.3 is 0 Å². The molecule has 8 heteroatoms. The lowest BCUT2D eigenvalue weighted by Gasteiger charge is -2.43. The maximum atomic E-state index is 12.7. The number of aryl methyl sites for hydroxylation is 1. The van der Waals surface area contributed by atoms with Crippen LogP contribution in [0.3, 0.4) is 0 Å². The van der Waals surface area contributed by atoms with Gasteiger partial charge in [0.15, 0.2) is 0 Å². The Morgan fingerprint density at radius 3 is 2.94 bits per heavy atom. The topological polar surface area (TPSA) is 65.9 Å². The first-order chi connectivity index (χ1) is 17.0. The molecule has 0 saturated carbocycles. The van der Waals surface area contributed by atoms with Crippen LogP contribution < -0.4 is 20.7 Å². The number of rotatable bonds is 4. The second-order valence-corrected chi connectivity index (χ2v) is 10.1. The van der Waals surface area contributed by atoms with Crippen molar-refractivity contribution in [3.8, 4) is 0 Å². The number of fused-ring (bicyclic) bond motifs is 4. The summed E-state index contributed by atoms with van der Waals surface area (Å²) in [7, 11) is 3.57. The molecule has 8 nitrogen and oxygen atoms in total. The van der Waals surface area contributed by atoms with E-state index in [9.17, 15) is 4.79 Å². The van der Waals surface area contributed by atoms with Crippen LogP contribution in [0.25, 0.3) is 11.0 Å². The van der Waals surface area contributed by atoms with Gasteiger partial charge in [0.2, 0.25) is 0 Å². The summed E-state index contributed by atoms with van der Waals surface area (Å²) in [5.74, 6) is 0. The average Bonchev–Trinajstić information content (AvgIpc) is 3.25. The molecule has 2 saturated heterocycles. The highest BCUT2D eigenvalue weighted by Crippen LogP contribution is 2.42. The quantitative estimate of drug-likeness (QED) is 0.621. The second-order valence-electron chi connectivity index (χ2n) is 10.1. The van der Waals surface area contributed by atoms with Crippen molar-refractivity contribution in [2.45, 2.75) is 31.6 Å². The van der Waals surface area contributed by atoms with Gasteiger partial charge in [0, 0.05) is 82.8 Å². The van der Waals surface area contributed by atoms with E-state index in [0.29, 0.717) is 18.1 Å². The van der Waals surface area contributed by atoms with Crippen LogP contribution in [-0.4, -0.2) is 73.0 Å². The lowest BCUT2D eigenvalue weighted by molar-refractivity contribution is 0.134. The van der Waals surface area contributed by atoms with Gasteiger partial charge in [-0.3, -0.25) is 14.3 Å². The minimum Gasteiger partial charge on any atom is -0.383 e. The summed E-state index contributed by atoms with van der Waals surface area (Å²) >= 11 is 0. The van der Waals surface area contributed by atoms with Gasteiger partial charge in [-0.25, -0.2) is 4.98 Å². The van der Waals surface area contributed by atoms with Gasteiger partial charge in [-0.05, 0) is 42.3 Å². The third-order valence-corrected chi connectivity index (χ3v) is 8.04. The maximum Gasteiger partial charge on any atom is 0.253 e. The Morgan fingerprint density at radius 2 is 2.09 bits per heavy atom. The van der Waals surface area contributed by atoms with E-state index < -0.39 is 0 Å². The third kappa shape index (κ3) is 3.80. The van der Waals surface area contributed by atoms with Crippen LogP contribution in [0.4, 0.5) is 11.4 Å². The van der Waals surface area contributed by atoms with Crippen molar-refractivity contribution >= 4 is 22.4 Å². The van der Waals surface area contributed by atoms with Crippen molar-refractivity contribution < 1.29 is 4.74 Å². The van der Waals surface area contributed by atoms with E-state index in [1.165, 1.54) is 16.8 Å². The van der Waals surface area contributed by atoms with Crippen molar-refractivity contribution in [2.75, 3.05) is 56.2 Å². The lowest BCUT2D eigenvalue weighted by Crippen LogP contribution is -2.53. The zero-order valence-corrected chi connectivity index (χ0v) is 20.8. The zero-order valence-electron chi connectivity index (χ0n) is 20.8. The van der Waals surface area contributed by atoms with E-state index in [1.807, 2.05) is 6.07 Å². The van der Waals surface area contributed by atoms with Crippen molar-refractivity contribution in [3.05, 3.63) is 64.1 Å². The fourth-order valence-corrected chi connectivity index (χ4v) is 6.25. The van der Waals surface area contributed by atoms with Gasteiger partial charge in [-0.15, -0.1) is 0 Å². The van der Waals surface area contributed by atoms with Gasteiger partial charge < -0.3 is 19.9 Å². The molecule has 0 radical (unpaired) electrons. The number of nitrogens with zero attached hydrogens (tertiary/aromatic N) is 5. The Labute approximate surface area is 206 Å². The monoisotopic (exact) mass is 474 g/mol. The van der Waals surface area contributed by atoms with E-state index in [2.05, 4.69) is 56.2 Å². The molecule has 2 aromatic heterocycles.